The number of likely N-dealkylation sites (N-methyl/N-ethyl adjacent to an activating group) is 1. The van der Waals surface area contributed by atoms with E-state index in [1.165, 1.54) is 28.5 Å². The van der Waals surface area contributed by atoms with Crippen LogP contribution in [-0.4, -0.2) is 75.1 Å². The van der Waals surface area contributed by atoms with Crippen molar-refractivity contribution in [1.29, 1.82) is 5.26 Å². The summed E-state index contributed by atoms with van der Waals surface area (Å²) >= 11 is 1.44. The minimum Gasteiger partial charge on any atom is -0.395 e. The van der Waals surface area contributed by atoms with Gasteiger partial charge in [0.05, 0.1) is 6.61 Å². The smallest absolute Gasteiger partial charge is 0.253 e. The van der Waals surface area contributed by atoms with E-state index in [0.29, 0.717) is 4.88 Å². The topological polar surface area (TPSA) is 87.9 Å². The predicted molar refractivity (Wildman–Crippen MR) is 148 cm³/mol. The van der Waals surface area contributed by atoms with E-state index >= 15 is 0 Å². The van der Waals surface area contributed by atoms with Gasteiger partial charge in [0.25, 0.3) is 10.0 Å². The molecule has 0 saturated carbocycles. The van der Waals surface area contributed by atoms with E-state index in [0.717, 1.165) is 46.3 Å². The lowest BCUT2D eigenvalue weighted by Gasteiger charge is -2.34. The van der Waals surface area contributed by atoms with Gasteiger partial charge in [-0.3, -0.25) is 0 Å². The van der Waals surface area contributed by atoms with Gasteiger partial charge < -0.3 is 14.9 Å². The average molecular weight is 525 g/mol. The van der Waals surface area contributed by atoms with Crippen LogP contribution in [0.5, 0.6) is 0 Å². The van der Waals surface area contributed by atoms with Crippen LogP contribution in [0.1, 0.15) is 18.7 Å². The first-order chi connectivity index (χ1) is 17.2. The summed E-state index contributed by atoms with van der Waals surface area (Å²) in [5.74, 6) is 0. The van der Waals surface area contributed by atoms with Crippen molar-refractivity contribution in [3.05, 3.63) is 58.3 Å². The first-order valence-corrected chi connectivity index (χ1v) is 14.3. The molecule has 1 saturated heterocycles. The first kappa shape index (κ1) is 26.3. The molecule has 2 heterocycles. The van der Waals surface area contributed by atoms with Crippen LogP contribution in [0, 0.1) is 11.3 Å². The Morgan fingerprint density at radius 1 is 1.11 bits per heavy atom. The molecule has 0 aliphatic carbocycles. The Labute approximate surface area is 217 Å². The van der Waals surface area contributed by atoms with E-state index in [1.54, 1.807) is 13.8 Å². The summed E-state index contributed by atoms with van der Waals surface area (Å²) in [6.45, 7) is 7.27. The van der Waals surface area contributed by atoms with Crippen LogP contribution < -0.4 is 4.90 Å². The van der Waals surface area contributed by atoms with Gasteiger partial charge in [0.1, 0.15) is 6.07 Å². The largest absolute Gasteiger partial charge is 0.395 e. The summed E-state index contributed by atoms with van der Waals surface area (Å²) in [5, 5.41) is 21.2. The third kappa shape index (κ3) is 5.64. The summed E-state index contributed by atoms with van der Waals surface area (Å²) in [4.78, 5) is 6.12. The number of thiophene rings is 1. The number of allylic oxidation sites excluding steroid dienone is 1. The molecule has 0 bridgehead atoms. The van der Waals surface area contributed by atoms with Crippen LogP contribution in [0.2, 0.25) is 0 Å². The highest BCUT2D eigenvalue weighted by molar-refractivity contribution is 7.93. The molecule has 0 atom stereocenters. The molecular weight excluding hydrogens is 492 g/mol. The van der Waals surface area contributed by atoms with Gasteiger partial charge in [0, 0.05) is 54.2 Å². The predicted octanol–water partition coefficient (Wildman–Crippen LogP) is 4.22. The fourth-order valence-corrected chi connectivity index (χ4v) is 6.95. The molecule has 7 nitrogen and oxygen atoms in total. The maximum atomic E-state index is 13.0. The van der Waals surface area contributed by atoms with Crippen molar-refractivity contribution in [2.45, 2.75) is 19.9 Å². The average Bonchev–Trinajstić information content (AvgIpc) is 3.34. The molecule has 36 heavy (non-hydrogen) atoms. The molecule has 2 aromatic carbocycles. The van der Waals surface area contributed by atoms with E-state index in [1.807, 2.05) is 18.2 Å². The number of sulfonamides is 1. The van der Waals surface area contributed by atoms with Crippen molar-refractivity contribution in [1.82, 2.24) is 9.21 Å². The second kappa shape index (κ2) is 11.1. The van der Waals surface area contributed by atoms with E-state index in [2.05, 4.69) is 53.2 Å². The van der Waals surface area contributed by atoms with E-state index in [4.69, 9.17) is 0 Å². The third-order valence-corrected chi connectivity index (χ3v) is 9.54. The van der Waals surface area contributed by atoms with Crippen molar-refractivity contribution in [3.8, 4) is 16.5 Å². The standard InChI is InChI=1S/C27H32N4O3S2/c1-20(2)31(14-15-32)36(33,34)26(19-28)18-25-8-9-27(35-25)23-5-4-22-17-24(7-6-21(22)16-23)30-12-10-29(3)11-13-30/h4-9,16-18,20,32H,10-15H2,1-3H3/b26-18+. The monoisotopic (exact) mass is 524 g/mol. The number of anilines is 1. The Morgan fingerprint density at radius 3 is 2.47 bits per heavy atom. The summed E-state index contributed by atoms with van der Waals surface area (Å²) < 4.78 is 27.2. The highest BCUT2D eigenvalue weighted by Gasteiger charge is 2.29. The third-order valence-electron chi connectivity index (χ3n) is 6.47. The fourth-order valence-electron chi connectivity index (χ4n) is 4.41. The second-order valence-corrected chi connectivity index (χ2v) is 12.3. The Kier molecular flexibility index (Phi) is 8.13. The molecule has 4 rings (SSSR count). The van der Waals surface area contributed by atoms with Crippen LogP contribution in [0.3, 0.4) is 0 Å². The number of fused-ring (bicyclic) bond motifs is 1. The number of benzene rings is 2. The Hall–Kier alpha value is -2.74. The summed E-state index contributed by atoms with van der Waals surface area (Å²) in [6.07, 6.45) is 1.42. The lowest BCUT2D eigenvalue weighted by molar-refractivity contribution is 0.237. The zero-order chi connectivity index (χ0) is 25.9. The van der Waals surface area contributed by atoms with Gasteiger partial charge in [-0.1, -0.05) is 18.2 Å². The van der Waals surface area contributed by atoms with E-state index < -0.39 is 10.0 Å². The van der Waals surface area contributed by atoms with Gasteiger partial charge in [-0.25, -0.2) is 8.42 Å². The zero-order valence-corrected chi connectivity index (χ0v) is 22.5. The van der Waals surface area contributed by atoms with Gasteiger partial charge >= 0.3 is 0 Å². The fraction of sp³-hybridized carbons (Fsp3) is 0.370. The van der Waals surface area contributed by atoms with Crippen molar-refractivity contribution < 1.29 is 13.5 Å². The molecule has 1 N–H and O–H groups in total. The number of piperazine rings is 1. The highest BCUT2D eigenvalue weighted by atomic mass is 32.2. The number of nitriles is 1. The van der Waals surface area contributed by atoms with E-state index in [-0.39, 0.29) is 24.1 Å². The van der Waals surface area contributed by atoms with Crippen molar-refractivity contribution in [2.24, 2.45) is 0 Å². The van der Waals surface area contributed by atoms with Gasteiger partial charge in [0.15, 0.2) is 4.91 Å². The van der Waals surface area contributed by atoms with Crippen LogP contribution in [0.25, 0.3) is 27.3 Å². The summed E-state index contributed by atoms with van der Waals surface area (Å²) in [7, 11) is -1.84. The molecule has 0 unspecified atom stereocenters. The van der Waals surface area contributed by atoms with Gasteiger partial charge in [-0.15, -0.1) is 11.3 Å². The maximum Gasteiger partial charge on any atom is 0.253 e. The molecule has 0 spiro atoms. The van der Waals surface area contributed by atoms with Gasteiger partial charge in [-0.05, 0) is 73.6 Å². The van der Waals surface area contributed by atoms with Crippen LogP contribution in [0.4, 0.5) is 5.69 Å². The lowest BCUT2D eigenvalue weighted by atomic mass is 10.0. The van der Waals surface area contributed by atoms with Crippen LogP contribution in [-0.2, 0) is 10.0 Å². The normalized spacial score (nSPS) is 15.7. The molecule has 1 aliphatic heterocycles. The second-order valence-electron chi connectivity index (χ2n) is 9.29. The summed E-state index contributed by atoms with van der Waals surface area (Å²) in [6, 6.07) is 18.2. The molecule has 1 aromatic heterocycles. The number of aliphatic hydroxyl groups is 1. The van der Waals surface area contributed by atoms with Crippen molar-refractivity contribution in [3.63, 3.8) is 0 Å². The molecule has 0 radical (unpaired) electrons. The minimum absolute atomic E-state index is 0.0533. The molecular formula is C27H32N4O3S2. The van der Waals surface area contributed by atoms with Crippen LogP contribution >= 0.6 is 11.3 Å². The van der Waals surface area contributed by atoms with Crippen LogP contribution in [0.15, 0.2) is 53.4 Å². The minimum atomic E-state index is -4.00. The Morgan fingerprint density at radius 2 is 1.81 bits per heavy atom. The van der Waals surface area contributed by atoms with Gasteiger partial charge in [-0.2, -0.15) is 9.57 Å². The Bertz CT molecular complexity index is 1400. The highest BCUT2D eigenvalue weighted by Crippen LogP contribution is 2.33. The molecule has 1 aliphatic rings. The molecule has 9 heteroatoms. The summed E-state index contributed by atoms with van der Waals surface area (Å²) in [5.41, 5.74) is 2.29. The number of aliphatic hydroxyl groups excluding tert-OH is 1. The first-order valence-electron chi connectivity index (χ1n) is 12.0. The quantitative estimate of drug-likeness (QED) is 0.444. The molecule has 190 valence electrons. The number of hydrogen-bond acceptors (Lipinski definition) is 7. The number of nitrogens with zero attached hydrogens (tertiary/aromatic N) is 4. The lowest BCUT2D eigenvalue weighted by Crippen LogP contribution is -2.44. The van der Waals surface area contributed by atoms with Gasteiger partial charge in [0.2, 0.25) is 0 Å². The van der Waals surface area contributed by atoms with E-state index in [9.17, 15) is 18.8 Å². The molecule has 0 amide bonds. The maximum absolute atomic E-state index is 13.0. The SMILES string of the molecule is CC(C)N(CCO)S(=O)(=O)/C(C#N)=C/c1ccc(-c2ccc3cc(N4CCN(C)CC4)ccc3c2)s1. The Balaban J connectivity index is 1.58. The van der Waals surface area contributed by atoms with Crippen molar-refractivity contribution >= 4 is 43.9 Å². The number of rotatable bonds is 8. The number of hydrogen-bond donors (Lipinski definition) is 1. The van der Waals surface area contributed by atoms with Crippen molar-refractivity contribution in [2.75, 3.05) is 51.3 Å². The molecule has 1 fully saturated rings. The zero-order valence-electron chi connectivity index (χ0n) is 20.9. The molecule has 3 aromatic rings.